The van der Waals surface area contributed by atoms with Gasteiger partial charge in [-0.1, -0.05) is 11.6 Å². The van der Waals surface area contributed by atoms with Gasteiger partial charge in [0.25, 0.3) is 0 Å². The smallest absolute Gasteiger partial charge is 0.399 e. The van der Waals surface area contributed by atoms with Crippen LogP contribution in [-0.2, 0) is 20.7 Å². The van der Waals surface area contributed by atoms with Crippen LogP contribution in [0.2, 0.25) is 5.02 Å². The van der Waals surface area contributed by atoms with Gasteiger partial charge in [-0.3, -0.25) is 4.98 Å². The molecule has 1 saturated heterocycles. The predicted molar refractivity (Wildman–Crippen MR) is 75.7 cm³/mol. The molecule has 1 aliphatic heterocycles. The van der Waals surface area contributed by atoms with Crippen molar-refractivity contribution in [2.24, 2.45) is 0 Å². The molecule has 6 heteroatoms. The van der Waals surface area contributed by atoms with E-state index in [4.69, 9.17) is 25.6 Å². The van der Waals surface area contributed by atoms with E-state index in [1.807, 2.05) is 33.8 Å². The Balaban J connectivity index is 2.35. The number of aromatic nitrogens is 1. The molecule has 104 valence electrons. The van der Waals surface area contributed by atoms with Crippen LogP contribution in [0, 0.1) is 0 Å². The topological polar surface area (TPSA) is 40.6 Å². The zero-order valence-corrected chi connectivity index (χ0v) is 12.7. The lowest BCUT2D eigenvalue weighted by molar-refractivity contribution is 0.00578. The van der Waals surface area contributed by atoms with E-state index in [1.165, 1.54) is 0 Å². The van der Waals surface area contributed by atoms with Gasteiger partial charge in [-0.05, 0) is 33.8 Å². The van der Waals surface area contributed by atoms with E-state index in [1.54, 1.807) is 13.3 Å². The Hall–Kier alpha value is -0.615. The zero-order valence-electron chi connectivity index (χ0n) is 12.0. The van der Waals surface area contributed by atoms with Crippen molar-refractivity contribution in [2.75, 3.05) is 7.11 Å². The van der Waals surface area contributed by atoms with Crippen LogP contribution in [-0.4, -0.2) is 30.4 Å². The molecule has 0 aromatic carbocycles. The lowest BCUT2D eigenvalue weighted by Gasteiger charge is -2.32. The first-order valence-electron chi connectivity index (χ1n) is 6.26. The van der Waals surface area contributed by atoms with E-state index in [2.05, 4.69) is 4.98 Å². The van der Waals surface area contributed by atoms with Crippen molar-refractivity contribution in [2.45, 2.75) is 45.5 Å². The summed E-state index contributed by atoms with van der Waals surface area (Å²) < 4.78 is 17.2. The Bertz CT molecular complexity index is 463. The fourth-order valence-corrected chi connectivity index (χ4v) is 2.08. The molecule has 0 atom stereocenters. The second-order valence-corrected chi connectivity index (χ2v) is 6.15. The first kappa shape index (κ1) is 14.8. The van der Waals surface area contributed by atoms with Crippen LogP contribution < -0.4 is 5.46 Å². The largest absolute Gasteiger partial charge is 0.496 e. The highest BCUT2D eigenvalue weighted by Crippen LogP contribution is 2.36. The van der Waals surface area contributed by atoms with Crippen molar-refractivity contribution in [3.63, 3.8) is 0 Å². The van der Waals surface area contributed by atoms with Crippen molar-refractivity contribution >= 4 is 24.2 Å². The van der Waals surface area contributed by atoms with Gasteiger partial charge in [-0.2, -0.15) is 0 Å². The van der Waals surface area contributed by atoms with E-state index < -0.39 is 7.12 Å². The summed E-state index contributed by atoms with van der Waals surface area (Å²) in [5.41, 5.74) is 0.840. The van der Waals surface area contributed by atoms with Crippen LogP contribution in [0.5, 0.6) is 0 Å². The maximum Gasteiger partial charge on any atom is 0.496 e. The first-order chi connectivity index (χ1) is 8.77. The summed E-state index contributed by atoms with van der Waals surface area (Å²) in [7, 11) is 1.16. The van der Waals surface area contributed by atoms with Crippen LogP contribution in [0.15, 0.2) is 12.3 Å². The van der Waals surface area contributed by atoms with Gasteiger partial charge in [0.15, 0.2) is 0 Å². The van der Waals surface area contributed by atoms with Gasteiger partial charge in [0.1, 0.15) is 0 Å². The van der Waals surface area contributed by atoms with Crippen molar-refractivity contribution in [1.82, 2.24) is 4.98 Å². The third-order valence-electron chi connectivity index (χ3n) is 3.76. The number of rotatable bonds is 3. The Labute approximate surface area is 119 Å². The standard InChI is InChI=1S/C13H19BClNO3/c1-12(2)13(3,4)19-14(18-12)10-6-9(15)7-16-11(10)8-17-5/h6-7H,8H2,1-5H3. The Morgan fingerprint density at radius 3 is 2.37 bits per heavy atom. The Morgan fingerprint density at radius 1 is 1.26 bits per heavy atom. The van der Waals surface area contributed by atoms with E-state index in [0.29, 0.717) is 11.6 Å². The zero-order chi connectivity index (χ0) is 14.3. The van der Waals surface area contributed by atoms with Crippen LogP contribution in [0.3, 0.4) is 0 Å². The number of ether oxygens (including phenoxy) is 1. The average Bonchev–Trinajstić information content (AvgIpc) is 2.51. The summed E-state index contributed by atoms with van der Waals surface area (Å²) in [5, 5.41) is 0.560. The molecule has 0 saturated carbocycles. The second kappa shape index (κ2) is 5.06. The molecule has 1 aliphatic rings. The van der Waals surface area contributed by atoms with Gasteiger partial charge in [-0.15, -0.1) is 0 Å². The summed E-state index contributed by atoms with van der Waals surface area (Å²) in [6.45, 7) is 8.46. The number of halogens is 1. The summed E-state index contributed by atoms with van der Waals surface area (Å²) >= 11 is 6.02. The monoisotopic (exact) mass is 283 g/mol. The summed E-state index contributed by atoms with van der Waals surface area (Å²) in [6, 6.07) is 1.82. The summed E-state index contributed by atoms with van der Waals surface area (Å²) in [5.74, 6) is 0. The maximum atomic E-state index is 6.02. The second-order valence-electron chi connectivity index (χ2n) is 5.71. The summed E-state index contributed by atoms with van der Waals surface area (Å²) in [4.78, 5) is 4.29. The Morgan fingerprint density at radius 2 is 1.84 bits per heavy atom. The number of hydrogen-bond donors (Lipinski definition) is 0. The van der Waals surface area contributed by atoms with Gasteiger partial charge < -0.3 is 14.0 Å². The minimum absolute atomic E-state index is 0.385. The molecule has 0 unspecified atom stereocenters. The quantitative estimate of drug-likeness (QED) is 0.797. The third kappa shape index (κ3) is 2.79. The molecule has 0 spiro atoms. The molecule has 0 aliphatic carbocycles. The van der Waals surface area contributed by atoms with E-state index in [-0.39, 0.29) is 11.2 Å². The van der Waals surface area contributed by atoms with Crippen molar-refractivity contribution in [3.8, 4) is 0 Å². The molecule has 2 rings (SSSR count). The van der Waals surface area contributed by atoms with Crippen molar-refractivity contribution in [1.29, 1.82) is 0 Å². The van der Waals surface area contributed by atoms with Crippen LogP contribution >= 0.6 is 11.6 Å². The van der Waals surface area contributed by atoms with E-state index in [0.717, 1.165) is 11.2 Å². The number of methoxy groups -OCH3 is 1. The molecule has 1 aromatic rings. The molecule has 2 heterocycles. The molecule has 0 bridgehead atoms. The molecular weight excluding hydrogens is 264 g/mol. The fourth-order valence-electron chi connectivity index (χ4n) is 1.91. The van der Waals surface area contributed by atoms with Gasteiger partial charge in [0, 0.05) is 18.8 Å². The van der Waals surface area contributed by atoms with Crippen LogP contribution in [0.25, 0.3) is 0 Å². The molecule has 0 radical (unpaired) electrons. The highest BCUT2D eigenvalue weighted by atomic mass is 35.5. The molecule has 1 aromatic heterocycles. The number of hydrogen-bond acceptors (Lipinski definition) is 4. The van der Waals surface area contributed by atoms with Gasteiger partial charge in [-0.25, -0.2) is 0 Å². The first-order valence-corrected chi connectivity index (χ1v) is 6.63. The van der Waals surface area contributed by atoms with Crippen molar-refractivity contribution < 1.29 is 14.0 Å². The molecule has 4 nitrogen and oxygen atoms in total. The van der Waals surface area contributed by atoms with Gasteiger partial charge in [0.05, 0.1) is 28.5 Å². The summed E-state index contributed by atoms with van der Waals surface area (Å²) in [6.07, 6.45) is 1.60. The molecular formula is C13H19BClNO3. The fraction of sp³-hybridized carbons (Fsp3) is 0.615. The molecule has 0 amide bonds. The predicted octanol–water partition coefficient (Wildman–Crippen LogP) is 2.18. The SMILES string of the molecule is COCc1ncc(Cl)cc1B1OC(C)(C)C(C)(C)O1. The van der Waals surface area contributed by atoms with Gasteiger partial charge in [0.2, 0.25) is 0 Å². The highest BCUT2D eigenvalue weighted by Gasteiger charge is 2.52. The lowest BCUT2D eigenvalue weighted by Crippen LogP contribution is -2.41. The maximum absolute atomic E-state index is 6.02. The number of nitrogens with zero attached hydrogens (tertiary/aromatic N) is 1. The minimum Gasteiger partial charge on any atom is -0.399 e. The molecule has 19 heavy (non-hydrogen) atoms. The minimum atomic E-state index is -0.471. The van der Waals surface area contributed by atoms with Crippen LogP contribution in [0.4, 0.5) is 0 Å². The van der Waals surface area contributed by atoms with E-state index >= 15 is 0 Å². The van der Waals surface area contributed by atoms with Crippen LogP contribution in [0.1, 0.15) is 33.4 Å². The molecule has 0 N–H and O–H groups in total. The van der Waals surface area contributed by atoms with E-state index in [9.17, 15) is 0 Å². The van der Waals surface area contributed by atoms with Crippen molar-refractivity contribution in [3.05, 3.63) is 23.0 Å². The van der Waals surface area contributed by atoms with Gasteiger partial charge >= 0.3 is 7.12 Å². The highest BCUT2D eigenvalue weighted by molar-refractivity contribution is 6.62. The lowest BCUT2D eigenvalue weighted by atomic mass is 9.78. The normalized spacial score (nSPS) is 20.8. The molecule has 1 fully saturated rings. The average molecular weight is 284 g/mol. The number of pyridine rings is 1. The third-order valence-corrected chi connectivity index (χ3v) is 3.97. The Kier molecular flexibility index (Phi) is 3.93.